The molecule has 1 N–H and O–H groups in total. The highest BCUT2D eigenvalue weighted by Crippen LogP contribution is 2.18. The van der Waals surface area contributed by atoms with Gasteiger partial charge < -0.3 is 5.11 Å². The van der Waals surface area contributed by atoms with Gasteiger partial charge in [-0.05, 0) is 43.2 Å². The van der Waals surface area contributed by atoms with Gasteiger partial charge in [0.25, 0.3) is 0 Å². The van der Waals surface area contributed by atoms with Crippen molar-refractivity contribution in [2.45, 2.75) is 20.3 Å². The molecule has 0 aromatic heterocycles. The average molecular weight is 244 g/mol. The summed E-state index contributed by atoms with van der Waals surface area (Å²) in [5.74, 6) is -0.272. The molecule has 0 unspecified atom stereocenters. The monoisotopic (exact) mass is 244 g/mol. The zero-order valence-electron chi connectivity index (χ0n) is 10.5. The van der Waals surface area contributed by atoms with Crippen molar-refractivity contribution < 1.29 is 14.7 Å². The Bertz CT molecular complexity index is 510. The van der Waals surface area contributed by atoms with E-state index in [1.807, 2.05) is 0 Å². The van der Waals surface area contributed by atoms with Crippen LogP contribution < -0.4 is 0 Å². The number of carbonyl (C=O) groups excluding carboxylic acids is 2. The summed E-state index contributed by atoms with van der Waals surface area (Å²) in [5, 5.41) is 9.50. The Morgan fingerprint density at radius 1 is 1.22 bits per heavy atom. The fraction of sp³-hybridized carbons (Fsp3) is 0.200. The SMILES string of the molecule is C/C=C/C(=O)CC(=O)/C=C/c1ccc(C)c(O)c1. The van der Waals surface area contributed by atoms with Crippen molar-refractivity contribution >= 4 is 17.6 Å². The van der Waals surface area contributed by atoms with Crippen molar-refractivity contribution in [1.29, 1.82) is 0 Å². The summed E-state index contributed by atoms with van der Waals surface area (Å²) in [6.45, 7) is 3.52. The van der Waals surface area contributed by atoms with E-state index in [2.05, 4.69) is 0 Å². The molecule has 0 saturated carbocycles. The molecule has 0 aliphatic heterocycles. The van der Waals surface area contributed by atoms with Gasteiger partial charge >= 0.3 is 0 Å². The molecule has 1 rings (SSSR count). The minimum absolute atomic E-state index is 0.126. The second-order valence-electron chi connectivity index (χ2n) is 3.99. The van der Waals surface area contributed by atoms with Crippen molar-refractivity contribution in [2.24, 2.45) is 0 Å². The van der Waals surface area contributed by atoms with Gasteiger partial charge in [-0.15, -0.1) is 0 Å². The fourth-order valence-electron chi connectivity index (χ4n) is 1.39. The van der Waals surface area contributed by atoms with E-state index >= 15 is 0 Å². The van der Waals surface area contributed by atoms with Gasteiger partial charge in [0.05, 0.1) is 6.42 Å². The predicted octanol–water partition coefficient (Wildman–Crippen LogP) is 2.82. The lowest BCUT2D eigenvalue weighted by Gasteiger charge is -1.99. The largest absolute Gasteiger partial charge is 0.508 e. The maximum atomic E-state index is 11.4. The average Bonchev–Trinajstić information content (AvgIpc) is 2.31. The van der Waals surface area contributed by atoms with Gasteiger partial charge in [-0.2, -0.15) is 0 Å². The lowest BCUT2D eigenvalue weighted by molar-refractivity contribution is -0.121. The Morgan fingerprint density at radius 3 is 2.50 bits per heavy atom. The highest BCUT2D eigenvalue weighted by atomic mass is 16.3. The summed E-state index contributed by atoms with van der Waals surface area (Å²) in [4.78, 5) is 22.6. The van der Waals surface area contributed by atoms with Crippen molar-refractivity contribution in [3.8, 4) is 5.75 Å². The fourth-order valence-corrected chi connectivity index (χ4v) is 1.39. The third kappa shape index (κ3) is 4.37. The molecule has 0 spiro atoms. The molecule has 94 valence electrons. The van der Waals surface area contributed by atoms with E-state index in [-0.39, 0.29) is 23.7 Å². The molecule has 0 bridgehead atoms. The lowest BCUT2D eigenvalue weighted by Crippen LogP contribution is -2.01. The Morgan fingerprint density at radius 2 is 1.89 bits per heavy atom. The number of phenols is 1. The highest BCUT2D eigenvalue weighted by molar-refractivity contribution is 6.09. The number of hydrogen-bond acceptors (Lipinski definition) is 3. The normalized spacial score (nSPS) is 11.2. The number of ketones is 2. The number of hydrogen-bond donors (Lipinski definition) is 1. The molecule has 0 radical (unpaired) electrons. The Kier molecular flexibility index (Phi) is 5.06. The Balaban J connectivity index is 2.66. The predicted molar refractivity (Wildman–Crippen MR) is 71.3 cm³/mol. The van der Waals surface area contributed by atoms with Crippen LogP contribution in [0.25, 0.3) is 6.08 Å². The van der Waals surface area contributed by atoms with Crippen LogP contribution in [0.1, 0.15) is 24.5 Å². The molecule has 18 heavy (non-hydrogen) atoms. The number of benzene rings is 1. The summed E-state index contributed by atoms with van der Waals surface area (Å²) in [6.07, 6.45) is 5.80. The van der Waals surface area contributed by atoms with Crippen LogP contribution in [0, 0.1) is 6.92 Å². The molecule has 0 atom stereocenters. The summed E-state index contributed by atoms with van der Waals surface area (Å²) in [7, 11) is 0. The van der Waals surface area contributed by atoms with Gasteiger partial charge in [-0.3, -0.25) is 9.59 Å². The van der Waals surface area contributed by atoms with Gasteiger partial charge in [-0.25, -0.2) is 0 Å². The quantitative estimate of drug-likeness (QED) is 0.640. The summed E-state index contributed by atoms with van der Waals surface area (Å²) in [5.41, 5.74) is 1.51. The first-order valence-electron chi connectivity index (χ1n) is 5.69. The second-order valence-corrected chi connectivity index (χ2v) is 3.99. The molecule has 0 aliphatic carbocycles. The van der Waals surface area contributed by atoms with E-state index in [4.69, 9.17) is 0 Å². The number of aryl methyl sites for hydroxylation is 1. The smallest absolute Gasteiger partial charge is 0.163 e. The molecule has 0 fully saturated rings. The molecular weight excluding hydrogens is 228 g/mol. The van der Waals surface area contributed by atoms with Crippen molar-refractivity contribution in [3.05, 3.63) is 47.6 Å². The van der Waals surface area contributed by atoms with Crippen LogP contribution >= 0.6 is 0 Å². The van der Waals surface area contributed by atoms with Crippen molar-refractivity contribution in [3.63, 3.8) is 0 Å². The van der Waals surface area contributed by atoms with Gasteiger partial charge in [-0.1, -0.05) is 24.3 Å². The van der Waals surface area contributed by atoms with Crippen LogP contribution in [-0.2, 0) is 9.59 Å². The molecule has 3 nitrogen and oxygen atoms in total. The first-order valence-corrected chi connectivity index (χ1v) is 5.69. The van der Waals surface area contributed by atoms with E-state index in [0.717, 1.165) is 11.1 Å². The maximum Gasteiger partial charge on any atom is 0.163 e. The molecule has 0 amide bonds. The van der Waals surface area contributed by atoms with Gasteiger partial charge in [0.2, 0.25) is 0 Å². The van der Waals surface area contributed by atoms with Crippen LogP contribution in [0.3, 0.4) is 0 Å². The third-order valence-corrected chi connectivity index (χ3v) is 2.40. The third-order valence-electron chi connectivity index (χ3n) is 2.40. The van der Waals surface area contributed by atoms with Crippen LogP contribution in [0.5, 0.6) is 5.75 Å². The number of aromatic hydroxyl groups is 1. The van der Waals surface area contributed by atoms with Crippen LogP contribution in [0.4, 0.5) is 0 Å². The van der Waals surface area contributed by atoms with Gasteiger partial charge in [0, 0.05) is 0 Å². The first-order chi connectivity index (χ1) is 8.52. The van der Waals surface area contributed by atoms with E-state index < -0.39 is 0 Å². The van der Waals surface area contributed by atoms with Crippen LogP contribution in [0.2, 0.25) is 0 Å². The lowest BCUT2D eigenvalue weighted by atomic mass is 10.1. The standard InChI is InChI=1S/C15H16O3/c1-3-4-13(16)10-14(17)8-7-12-6-5-11(2)15(18)9-12/h3-9,18H,10H2,1-2H3/b4-3+,8-7+. The molecule has 1 aromatic carbocycles. The first kappa shape index (κ1) is 13.9. The maximum absolute atomic E-state index is 11.4. The number of carbonyl (C=O) groups is 2. The van der Waals surface area contributed by atoms with Gasteiger partial charge in [0.15, 0.2) is 11.6 Å². The topological polar surface area (TPSA) is 54.4 Å². The summed E-state index contributed by atoms with van der Waals surface area (Å²) < 4.78 is 0. The van der Waals surface area contributed by atoms with E-state index in [0.29, 0.717) is 0 Å². The zero-order chi connectivity index (χ0) is 13.5. The minimum Gasteiger partial charge on any atom is -0.508 e. The van der Waals surface area contributed by atoms with Crippen LogP contribution in [0.15, 0.2) is 36.4 Å². The van der Waals surface area contributed by atoms with Crippen LogP contribution in [-0.4, -0.2) is 16.7 Å². The van der Waals surface area contributed by atoms with Crippen molar-refractivity contribution in [2.75, 3.05) is 0 Å². The van der Waals surface area contributed by atoms with E-state index in [1.165, 1.54) is 12.2 Å². The van der Waals surface area contributed by atoms with E-state index in [9.17, 15) is 14.7 Å². The number of allylic oxidation sites excluding steroid dienone is 3. The highest BCUT2D eigenvalue weighted by Gasteiger charge is 2.03. The molecule has 3 heteroatoms. The van der Waals surface area contributed by atoms with Crippen molar-refractivity contribution in [1.82, 2.24) is 0 Å². The Labute approximate surface area is 106 Å². The van der Waals surface area contributed by atoms with E-state index in [1.54, 1.807) is 44.2 Å². The molecular formula is C15H16O3. The molecule has 0 saturated heterocycles. The molecule has 1 aromatic rings. The molecule has 0 heterocycles. The Hall–Kier alpha value is -2.16. The summed E-state index contributed by atoms with van der Waals surface area (Å²) in [6, 6.07) is 5.14. The second kappa shape index (κ2) is 6.55. The number of phenolic OH excluding ortho intramolecular Hbond substituents is 1. The molecule has 0 aliphatic rings. The van der Waals surface area contributed by atoms with Gasteiger partial charge in [0.1, 0.15) is 5.75 Å². The minimum atomic E-state index is -0.252. The zero-order valence-corrected chi connectivity index (χ0v) is 10.5. The number of rotatable bonds is 5. The summed E-state index contributed by atoms with van der Waals surface area (Å²) >= 11 is 0.